The van der Waals surface area contributed by atoms with E-state index in [4.69, 9.17) is 0 Å². The lowest BCUT2D eigenvalue weighted by atomic mass is 9.98. The quantitative estimate of drug-likeness (QED) is 0.115. The highest BCUT2D eigenvalue weighted by Gasteiger charge is 2.35. The van der Waals surface area contributed by atoms with Gasteiger partial charge in [0.25, 0.3) is 11.8 Å². The molecule has 3 aromatic rings. The SMILES string of the molecule is CC(C)C[C@H](NC(=O)[C@H](Cc1ccccc1)CP(=O)(O)CCCCN1C(=O)c2ccccc2C1=O)C(=O)NCc1ccccc1. The third kappa shape index (κ3) is 9.71. The molecule has 45 heavy (non-hydrogen) atoms. The lowest BCUT2D eigenvalue weighted by Crippen LogP contribution is -2.49. The van der Waals surface area contributed by atoms with Crippen LogP contribution in [0.2, 0.25) is 0 Å². The number of benzene rings is 3. The Labute approximate surface area is 264 Å². The predicted octanol–water partition coefficient (Wildman–Crippen LogP) is 5.04. The Morgan fingerprint density at radius 2 is 1.36 bits per heavy atom. The molecule has 4 rings (SSSR count). The van der Waals surface area contributed by atoms with E-state index in [1.807, 2.05) is 74.5 Å². The van der Waals surface area contributed by atoms with E-state index in [0.717, 1.165) is 11.1 Å². The van der Waals surface area contributed by atoms with Crippen molar-refractivity contribution in [2.45, 2.75) is 52.1 Å². The summed E-state index contributed by atoms with van der Waals surface area (Å²) >= 11 is 0. The van der Waals surface area contributed by atoms with Gasteiger partial charge in [-0.3, -0.25) is 28.6 Å². The van der Waals surface area contributed by atoms with Crippen molar-refractivity contribution >= 4 is 31.0 Å². The minimum atomic E-state index is -3.79. The van der Waals surface area contributed by atoms with E-state index in [9.17, 15) is 28.6 Å². The highest BCUT2D eigenvalue weighted by atomic mass is 31.2. The molecule has 0 saturated carbocycles. The van der Waals surface area contributed by atoms with Crippen molar-refractivity contribution in [3.05, 3.63) is 107 Å². The van der Waals surface area contributed by atoms with Gasteiger partial charge < -0.3 is 15.5 Å². The van der Waals surface area contributed by atoms with Crippen LogP contribution in [0.3, 0.4) is 0 Å². The normalized spacial score (nSPS) is 15.3. The molecular formula is C35H42N3O6P. The van der Waals surface area contributed by atoms with Crippen LogP contribution in [0.5, 0.6) is 0 Å². The van der Waals surface area contributed by atoms with E-state index >= 15 is 0 Å². The minimum absolute atomic E-state index is 0.0538. The van der Waals surface area contributed by atoms with Crippen LogP contribution >= 0.6 is 7.37 Å². The zero-order valence-electron chi connectivity index (χ0n) is 25.9. The fraction of sp³-hybridized carbons (Fsp3) is 0.371. The van der Waals surface area contributed by atoms with Crippen LogP contribution in [0.15, 0.2) is 84.9 Å². The van der Waals surface area contributed by atoms with Crippen molar-refractivity contribution in [3.8, 4) is 0 Å². The maximum absolute atomic E-state index is 13.7. The van der Waals surface area contributed by atoms with Gasteiger partial charge in [0.2, 0.25) is 19.2 Å². The summed E-state index contributed by atoms with van der Waals surface area (Å²) in [5.41, 5.74) is 2.52. The van der Waals surface area contributed by atoms with Crippen molar-refractivity contribution < 1.29 is 28.6 Å². The van der Waals surface area contributed by atoms with Crippen molar-refractivity contribution in [2.75, 3.05) is 18.9 Å². The number of nitrogens with zero attached hydrogens (tertiary/aromatic N) is 1. The van der Waals surface area contributed by atoms with Gasteiger partial charge in [-0.15, -0.1) is 0 Å². The van der Waals surface area contributed by atoms with Gasteiger partial charge in [0, 0.05) is 25.4 Å². The molecule has 1 aliphatic heterocycles. The number of imide groups is 1. The summed E-state index contributed by atoms with van der Waals surface area (Å²) in [6, 6.07) is 24.6. The molecule has 238 valence electrons. The number of carbonyl (C=O) groups is 4. The molecule has 0 fully saturated rings. The molecule has 0 aromatic heterocycles. The van der Waals surface area contributed by atoms with E-state index in [0.29, 0.717) is 36.9 Å². The first-order valence-electron chi connectivity index (χ1n) is 15.5. The summed E-state index contributed by atoms with van der Waals surface area (Å²) in [7, 11) is -3.79. The monoisotopic (exact) mass is 631 g/mol. The van der Waals surface area contributed by atoms with E-state index in [2.05, 4.69) is 10.6 Å². The largest absolute Gasteiger partial charge is 0.350 e. The number of amides is 4. The van der Waals surface area contributed by atoms with Gasteiger partial charge in [-0.05, 0) is 54.9 Å². The molecule has 0 spiro atoms. The molecule has 3 aromatic carbocycles. The minimum Gasteiger partial charge on any atom is -0.350 e. The van der Waals surface area contributed by atoms with Gasteiger partial charge in [0.15, 0.2) is 0 Å². The van der Waals surface area contributed by atoms with Crippen molar-refractivity contribution in [2.24, 2.45) is 11.8 Å². The third-order valence-electron chi connectivity index (χ3n) is 7.87. The zero-order chi connectivity index (χ0) is 32.4. The second-order valence-electron chi connectivity index (χ2n) is 12.0. The van der Waals surface area contributed by atoms with Crippen LogP contribution in [-0.2, 0) is 27.1 Å². The van der Waals surface area contributed by atoms with Crippen LogP contribution in [-0.4, -0.2) is 58.3 Å². The fourth-order valence-electron chi connectivity index (χ4n) is 5.55. The Morgan fingerprint density at radius 1 is 0.800 bits per heavy atom. The average Bonchev–Trinajstić information content (AvgIpc) is 3.26. The first kappa shape index (κ1) is 33.8. The molecule has 0 aliphatic carbocycles. The Hall–Kier alpha value is -4.07. The van der Waals surface area contributed by atoms with Crippen LogP contribution in [0.1, 0.15) is 65.0 Å². The molecule has 1 heterocycles. The molecule has 0 radical (unpaired) electrons. The first-order valence-corrected chi connectivity index (χ1v) is 17.5. The second-order valence-corrected chi connectivity index (χ2v) is 14.6. The van der Waals surface area contributed by atoms with E-state index in [-0.39, 0.29) is 48.9 Å². The predicted molar refractivity (Wildman–Crippen MR) is 174 cm³/mol. The third-order valence-corrected chi connectivity index (χ3v) is 9.89. The summed E-state index contributed by atoms with van der Waals surface area (Å²) in [4.78, 5) is 64.3. The van der Waals surface area contributed by atoms with Crippen LogP contribution < -0.4 is 10.6 Å². The number of nitrogens with one attached hydrogen (secondary N) is 2. The number of hydrogen-bond acceptors (Lipinski definition) is 5. The molecule has 3 atom stereocenters. The summed E-state index contributed by atoms with van der Waals surface area (Å²) in [6.07, 6.45) is 1.02. The summed E-state index contributed by atoms with van der Waals surface area (Å²) in [5.74, 6) is -2.18. The number of rotatable bonds is 16. The van der Waals surface area contributed by atoms with E-state index < -0.39 is 25.2 Å². The summed E-state index contributed by atoms with van der Waals surface area (Å²) in [6.45, 7) is 4.41. The lowest BCUT2D eigenvalue weighted by Gasteiger charge is -2.25. The maximum Gasteiger partial charge on any atom is 0.261 e. The average molecular weight is 632 g/mol. The second kappa shape index (κ2) is 15.8. The maximum atomic E-state index is 13.7. The Bertz CT molecular complexity index is 1490. The number of hydrogen-bond donors (Lipinski definition) is 3. The smallest absolute Gasteiger partial charge is 0.261 e. The van der Waals surface area contributed by atoms with E-state index in [1.165, 1.54) is 4.90 Å². The van der Waals surface area contributed by atoms with Crippen LogP contribution in [0, 0.1) is 11.8 Å². The summed E-state index contributed by atoms with van der Waals surface area (Å²) in [5, 5.41) is 5.79. The highest BCUT2D eigenvalue weighted by Crippen LogP contribution is 2.44. The Balaban J connectivity index is 1.38. The van der Waals surface area contributed by atoms with Crippen LogP contribution in [0.25, 0.3) is 0 Å². The molecular weight excluding hydrogens is 589 g/mol. The van der Waals surface area contributed by atoms with Crippen molar-refractivity contribution in [1.82, 2.24) is 15.5 Å². The zero-order valence-corrected chi connectivity index (χ0v) is 26.7. The van der Waals surface area contributed by atoms with Gasteiger partial charge in [0.05, 0.1) is 17.0 Å². The number of unbranched alkanes of at least 4 members (excludes halogenated alkanes) is 1. The summed E-state index contributed by atoms with van der Waals surface area (Å²) < 4.78 is 13.4. The van der Waals surface area contributed by atoms with Gasteiger partial charge in [0.1, 0.15) is 6.04 Å². The topological polar surface area (TPSA) is 133 Å². The first-order chi connectivity index (χ1) is 21.5. The molecule has 0 saturated heterocycles. The number of fused-ring (bicyclic) bond motifs is 1. The standard InChI is InChI=1S/C35H42N3O6P/c1-25(2)21-31(33(40)36-23-27-15-7-4-8-16-27)37-32(39)28(22-26-13-5-3-6-14-26)24-45(43,44)20-12-11-19-38-34(41)29-17-9-10-18-30(29)35(38)42/h3-10,13-18,25,28,31H,11-12,19-24H2,1-2H3,(H,36,40)(H,37,39)(H,43,44)/t28-,31+/m1/s1. The molecule has 0 bridgehead atoms. The van der Waals surface area contributed by atoms with Crippen molar-refractivity contribution in [3.63, 3.8) is 0 Å². The molecule has 1 aliphatic rings. The molecule has 1 unspecified atom stereocenters. The lowest BCUT2D eigenvalue weighted by molar-refractivity contribution is -0.131. The Kier molecular flexibility index (Phi) is 11.9. The highest BCUT2D eigenvalue weighted by molar-refractivity contribution is 7.58. The Morgan fingerprint density at radius 3 is 1.93 bits per heavy atom. The fourth-order valence-corrected chi connectivity index (χ4v) is 7.43. The van der Waals surface area contributed by atoms with E-state index in [1.54, 1.807) is 24.3 Å². The van der Waals surface area contributed by atoms with Gasteiger partial charge in [-0.25, -0.2) is 0 Å². The van der Waals surface area contributed by atoms with Gasteiger partial charge in [-0.1, -0.05) is 86.6 Å². The molecule has 3 N–H and O–H groups in total. The molecule has 9 nitrogen and oxygen atoms in total. The van der Waals surface area contributed by atoms with Gasteiger partial charge in [-0.2, -0.15) is 0 Å². The number of carbonyl (C=O) groups excluding carboxylic acids is 4. The molecule has 10 heteroatoms. The van der Waals surface area contributed by atoms with Gasteiger partial charge >= 0.3 is 0 Å². The molecule has 4 amide bonds. The van der Waals surface area contributed by atoms with Crippen LogP contribution in [0.4, 0.5) is 0 Å². The van der Waals surface area contributed by atoms with Crippen molar-refractivity contribution in [1.29, 1.82) is 0 Å².